The minimum absolute atomic E-state index is 0.0223. The van der Waals surface area contributed by atoms with Crippen LogP contribution in [0.4, 0.5) is 4.39 Å². The van der Waals surface area contributed by atoms with E-state index in [-0.39, 0.29) is 11.4 Å². The number of aryl methyl sites for hydroxylation is 1. The Labute approximate surface area is 142 Å². The van der Waals surface area contributed by atoms with Gasteiger partial charge in [0, 0.05) is 24.0 Å². The van der Waals surface area contributed by atoms with Crippen molar-refractivity contribution in [2.75, 3.05) is 0 Å². The van der Waals surface area contributed by atoms with Crippen LogP contribution in [-0.2, 0) is 0 Å². The number of hydrogen-bond donors (Lipinski definition) is 0. The fraction of sp³-hybridized carbons (Fsp3) is 0.211. The molecule has 0 saturated heterocycles. The lowest BCUT2D eigenvalue weighted by atomic mass is 10.1. The van der Waals surface area contributed by atoms with E-state index in [4.69, 9.17) is 0 Å². The number of nitrogens with zero attached hydrogens (tertiary/aromatic N) is 4. The van der Waals surface area contributed by atoms with Gasteiger partial charge in [-0.1, -0.05) is 12.1 Å². The van der Waals surface area contributed by atoms with Gasteiger partial charge in [-0.3, -0.25) is 4.79 Å². The number of hydrogen-bond acceptors (Lipinski definition) is 3. The molecule has 3 aromatic heterocycles. The molecule has 1 aliphatic carbocycles. The van der Waals surface area contributed by atoms with E-state index in [2.05, 4.69) is 10.1 Å². The topological polar surface area (TPSA) is 52.2 Å². The van der Waals surface area contributed by atoms with E-state index in [1.807, 2.05) is 19.2 Å². The summed E-state index contributed by atoms with van der Waals surface area (Å²) in [5.41, 5.74) is 3.88. The van der Waals surface area contributed by atoms with Crippen LogP contribution in [0.2, 0.25) is 0 Å². The molecule has 0 atom stereocenters. The number of benzene rings is 1. The normalized spacial score (nSPS) is 14.5. The lowest BCUT2D eigenvalue weighted by molar-refractivity contribution is 0.628. The highest BCUT2D eigenvalue weighted by molar-refractivity contribution is 5.86. The van der Waals surface area contributed by atoms with Crippen LogP contribution in [0.15, 0.2) is 47.5 Å². The standard InChI is InChI=1S/C19H15FN4O/c1-11-17(12-2-4-13(20)5-3-12)18-21-10-15-16(24(18)22-11)8-9-23(19(15)25)14-6-7-14/h2-5,8-10,14H,6-7H2,1H3. The van der Waals surface area contributed by atoms with Crippen molar-refractivity contribution >= 4 is 16.6 Å². The highest BCUT2D eigenvalue weighted by Crippen LogP contribution is 2.34. The first kappa shape index (κ1) is 14.3. The molecule has 1 aliphatic rings. The maximum Gasteiger partial charge on any atom is 0.261 e. The summed E-state index contributed by atoms with van der Waals surface area (Å²) in [5, 5.41) is 5.15. The lowest BCUT2D eigenvalue weighted by Gasteiger charge is -2.06. The zero-order valence-corrected chi connectivity index (χ0v) is 13.6. The van der Waals surface area contributed by atoms with Crippen molar-refractivity contribution in [3.63, 3.8) is 0 Å². The Morgan fingerprint density at radius 1 is 1.16 bits per heavy atom. The summed E-state index contributed by atoms with van der Waals surface area (Å²) in [4.78, 5) is 17.2. The summed E-state index contributed by atoms with van der Waals surface area (Å²) in [5.74, 6) is -0.281. The summed E-state index contributed by atoms with van der Waals surface area (Å²) in [6, 6.07) is 8.53. The molecule has 0 aliphatic heterocycles. The van der Waals surface area contributed by atoms with Gasteiger partial charge in [0.05, 0.1) is 16.6 Å². The van der Waals surface area contributed by atoms with Crippen LogP contribution in [0.25, 0.3) is 27.7 Å². The second-order valence-corrected chi connectivity index (χ2v) is 6.52. The fourth-order valence-electron chi connectivity index (χ4n) is 3.39. The molecule has 1 aromatic carbocycles. The zero-order chi connectivity index (χ0) is 17.1. The van der Waals surface area contributed by atoms with E-state index in [9.17, 15) is 9.18 Å². The quantitative estimate of drug-likeness (QED) is 0.564. The maximum atomic E-state index is 13.2. The highest BCUT2D eigenvalue weighted by atomic mass is 19.1. The Hall–Kier alpha value is -3.02. The lowest BCUT2D eigenvalue weighted by Crippen LogP contribution is -2.19. The molecule has 0 radical (unpaired) electrons. The van der Waals surface area contributed by atoms with Gasteiger partial charge in [-0.25, -0.2) is 13.9 Å². The Morgan fingerprint density at radius 2 is 1.92 bits per heavy atom. The molecule has 4 aromatic rings. The molecule has 124 valence electrons. The smallest absolute Gasteiger partial charge is 0.261 e. The first-order valence-electron chi connectivity index (χ1n) is 8.28. The van der Waals surface area contributed by atoms with Crippen LogP contribution in [-0.4, -0.2) is 19.2 Å². The van der Waals surface area contributed by atoms with Crippen molar-refractivity contribution in [2.45, 2.75) is 25.8 Å². The number of aromatic nitrogens is 4. The van der Waals surface area contributed by atoms with Gasteiger partial charge in [-0.15, -0.1) is 0 Å². The Kier molecular flexibility index (Phi) is 2.86. The number of rotatable bonds is 2. The third-order valence-corrected chi connectivity index (χ3v) is 4.79. The van der Waals surface area contributed by atoms with Crippen molar-refractivity contribution in [3.05, 3.63) is 64.6 Å². The minimum atomic E-state index is -0.281. The number of fused-ring (bicyclic) bond motifs is 3. The molecular weight excluding hydrogens is 319 g/mol. The molecule has 1 saturated carbocycles. The molecule has 3 heterocycles. The maximum absolute atomic E-state index is 13.2. The van der Waals surface area contributed by atoms with Gasteiger partial charge >= 0.3 is 0 Å². The van der Waals surface area contributed by atoms with Crippen molar-refractivity contribution in [1.82, 2.24) is 19.2 Å². The summed E-state index contributed by atoms with van der Waals surface area (Å²) < 4.78 is 16.7. The zero-order valence-electron chi connectivity index (χ0n) is 13.6. The first-order valence-corrected chi connectivity index (χ1v) is 8.28. The second kappa shape index (κ2) is 4.99. The first-order chi connectivity index (χ1) is 12.1. The fourth-order valence-corrected chi connectivity index (χ4v) is 3.39. The average molecular weight is 334 g/mol. The van der Waals surface area contributed by atoms with Crippen LogP contribution < -0.4 is 5.56 Å². The van der Waals surface area contributed by atoms with Gasteiger partial charge in [0.25, 0.3) is 5.56 Å². The molecule has 5 nitrogen and oxygen atoms in total. The van der Waals surface area contributed by atoms with Gasteiger partial charge in [0.15, 0.2) is 5.65 Å². The van der Waals surface area contributed by atoms with E-state index < -0.39 is 0 Å². The Morgan fingerprint density at radius 3 is 2.64 bits per heavy atom. The van der Waals surface area contributed by atoms with Crippen LogP contribution in [0.3, 0.4) is 0 Å². The Balaban J connectivity index is 1.80. The van der Waals surface area contributed by atoms with Crippen molar-refractivity contribution in [3.8, 4) is 11.1 Å². The molecule has 0 spiro atoms. The average Bonchev–Trinajstić information content (AvgIpc) is 3.38. The highest BCUT2D eigenvalue weighted by Gasteiger charge is 2.25. The summed E-state index contributed by atoms with van der Waals surface area (Å²) in [6.45, 7) is 1.89. The molecule has 1 fully saturated rings. The third kappa shape index (κ3) is 2.10. The minimum Gasteiger partial charge on any atom is -0.312 e. The third-order valence-electron chi connectivity index (χ3n) is 4.79. The molecule has 5 rings (SSSR count). The largest absolute Gasteiger partial charge is 0.312 e. The van der Waals surface area contributed by atoms with Crippen LogP contribution in [0.5, 0.6) is 0 Å². The van der Waals surface area contributed by atoms with Crippen molar-refractivity contribution < 1.29 is 4.39 Å². The molecule has 0 N–H and O–H groups in total. The van der Waals surface area contributed by atoms with E-state index in [0.29, 0.717) is 17.1 Å². The van der Waals surface area contributed by atoms with Gasteiger partial charge in [0.1, 0.15) is 5.82 Å². The molecule has 0 amide bonds. The SMILES string of the molecule is Cc1nn2c(ncc3c(=O)n(C4CC4)ccc32)c1-c1ccc(F)cc1. The van der Waals surface area contributed by atoms with Gasteiger partial charge in [-0.2, -0.15) is 5.10 Å². The van der Waals surface area contributed by atoms with Crippen LogP contribution in [0.1, 0.15) is 24.6 Å². The Bertz CT molecular complexity index is 1190. The number of halogens is 1. The van der Waals surface area contributed by atoms with E-state index in [1.54, 1.807) is 27.4 Å². The van der Waals surface area contributed by atoms with Crippen LogP contribution >= 0.6 is 0 Å². The monoisotopic (exact) mass is 334 g/mol. The molecule has 0 unspecified atom stereocenters. The summed E-state index contributed by atoms with van der Waals surface area (Å²) >= 11 is 0. The molecule has 6 heteroatoms. The van der Waals surface area contributed by atoms with Gasteiger partial charge in [-0.05, 0) is 43.5 Å². The van der Waals surface area contributed by atoms with Gasteiger partial charge < -0.3 is 4.57 Å². The van der Waals surface area contributed by atoms with E-state index in [0.717, 1.165) is 35.2 Å². The summed E-state index contributed by atoms with van der Waals surface area (Å²) in [6.07, 6.45) is 5.57. The van der Waals surface area contributed by atoms with E-state index >= 15 is 0 Å². The molecular formula is C19H15FN4O. The predicted octanol–water partition coefficient (Wildman–Crippen LogP) is 3.49. The van der Waals surface area contributed by atoms with Crippen molar-refractivity contribution in [2.24, 2.45) is 0 Å². The molecule has 0 bridgehead atoms. The number of pyridine rings is 1. The van der Waals surface area contributed by atoms with E-state index in [1.165, 1.54) is 12.1 Å². The van der Waals surface area contributed by atoms with Gasteiger partial charge in [0.2, 0.25) is 0 Å². The molecule has 25 heavy (non-hydrogen) atoms. The van der Waals surface area contributed by atoms with Crippen molar-refractivity contribution in [1.29, 1.82) is 0 Å². The predicted molar refractivity (Wildman–Crippen MR) is 93.2 cm³/mol. The second-order valence-electron chi connectivity index (χ2n) is 6.52. The summed E-state index contributed by atoms with van der Waals surface area (Å²) in [7, 11) is 0. The van der Waals surface area contributed by atoms with Crippen LogP contribution in [0, 0.1) is 12.7 Å².